The molecule has 0 aromatic rings. The van der Waals surface area contributed by atoms with E-state index in [0.29, 0.717) is 23.9 Å². The number of carboxylic acid groups (broad SMARTS) is 1. The van der Waals surface area contributed by atoms with E-state index in [1.807, 2.05) is 21.1 Å². The summed E-state index contributed by atoms with van der Waals surface area (Å²) >= 11 is 0. The number of ether oxygens (including phenoxy) is 4. The smallest absolute Gasteiger partial charge is 0.306 e. The Bertz CT molecular complexity index is 2070. The second-order valence-electron chi connectivity index (χ2n) is 24.1. The molecule has 9 nitrogen and oxygen atoms in total. The fourth-order valence-corrected chi connectivity index (χ4v) is 9.15. The van der Waals surface area contributed by atoms with Crippen molar-refractivity contribution >= 4 is 17.9 Å². The minimum absolute atomic E-state index is 0.129. The topological polar surface area (TPSA) is 111 Å². The molecule has 9 heteroatoms. The summed E-state index contributed by atoms with van der Waals surface area (Å²) in [6, 6.07) is 0. The van der Waals surface area contributed by atoms with Gasteiger partial charge in [0.05, 0.1) is 40.3 Å². The number of aliphatic carboxylic acids is 1. The van der Waals surface area contributed by atoms with Crippen LogP contribution in [-0.4, -0.2) is 82.3 Å². The first-order chi connectivity index (χ1) is 43.6. The molecule has 0 aromatic heterocycles. The molecule has 0 rings (SSSR count). The molecule has 0 aliphatic rings. The maximum absolute atomic E-state index is 12.9. The number of allylic oxidation sites excluding steroid dienone is 28. The highest BCUT2D eigenvalue weighted by molar-refractivity contribution is 5.70. The molecule has 0 N–H and O–H groups in total. The maximum Gasteiger partial charge on any atom is 0.306 e. The van der Waals surface area contributed by atoms with Gasteiger partial charge in [-0.1, -0.05) is 293 Å². The van der Waals surface area contributed by atoms with Crippen LogP contribution >= 0.6 is 0 Å². The molecule has 89 heavy (non-hydrogen) atoms. The van der Waals surface area contributed by atoms with Gasteiger partial charge in [0.1, 0.15) is 13.2 Å². The van der Waals surface area contributed by atoms with Gasteiger partial charge < -0.3 is 33.3 Å². The number of likely N-dealkylation sites (N-methyl/N-ethyl adjacent to an activating group) is 1. The Morgan fingerprint density at radius 3 is 0.933 bits per heavy atom. The lowest BCUT2D eigenvalue weighted by Gasteiger charge is -2.26. The molecule has 502 valence electrons. The van der Waals surface area contributed by atoms with Crippen LogP contribution in [0.3, 0.4) is 0 Å². The molecule has 0 saturated carbocycles. The van der Waals surface area contributed by atoms with Gasteiger partial charge in [0.2, 0.25) is 0 Å². The molecule has 0 amide bonds. The van der Waals surface area contributed by atoms with Crippen molar-refractivity contribution in [2.75, 3.05) is 47.5 Å². The van der Waals surface area contributed by atoms with E-state index in [1.165, 1.54) is 109 Å². The molecule has 0 heterocycles. The van der Waals surface area contributed by atoms with Gasteiger partial charge >= 0.3 is 11.9 Å². The molecule has 0 fully saturated rings. The summed E-state index contributed by atoms with van der Waals surface area (Å²) in [7, 11) is 5.90. The summed E-state index contributed by atoms with van der Waals surface area (Å²) in [5.41, 5.74) is 0. The van der Waals surface area contributed by atoms with Gasteiger partial charge in [-0.2, -0.15) is 0 Å². The Morgan fingerprint density at radius 2 is 0.618 bits per heavy atom. The molecule has 0 aromatic carbocycles. The quantitative estimate of drug-likeness (QED) is 0.0195. The van der Waals surface area contributed by atoms with Gasteiger partial charge in [0, 0.05) is 12.8 Å². The zero-order chi connectivity index (χ0) is 64.7. The Morgan fingerprint density at radius 1 is 0.337 bits per heavy atom. The van der Waals surface area contributed by atoms with Crippen LogP contribution in [-0.2, 0) is 33.3 Å². The summed E-state index contributed by atoms with van der Waals surface area (Å²) in [5.74, 6) is -2.38. The number of quaternary nitrogens is 1. The van der Waals surface area contributed by atoms with Crippen molar-refractivity contribution in [1.82, 2.24) is 0 Å². The average molecular weight is 1230 g/mol. The van der Waals surface area contributed by atoms with Gasteiger partial charge in [-0.05, 0) is 122 Å². The summed E-state index contributed by atoms with van der Waals surface area (Å²) in [5, 5.41) is 11.8. The lowest BCUT2D eigenvalue weighted by Crippen LogP contribution is -2.44. The molecule has 0 saturated heterocycles. The predicted molar refractivity (Wildman–Crippen MR) is 379 cm³/mol. The highest BCUT2D eigenvalue weighted by Gasteiger charge is 2.22. The third-order valence-corrected chi connectivity index (χ3v) is 14.5. The second-order valence-corrected chi connectivity index (χ2v) is 24.1. The van der Waals surface area contributed by atoms with Crippen LogP contribution in [0.5, 0.6) is 0 Å². The van der Waals surface area contributed by atoms with E-state index in [1.54, 1.807) is 0 Å². The number of carboxylic acids is 1. The fraction of sp³-hybridized carbons (Fsp3) is 0.613. The van der Waals surface area contributed by atoms with E-state index in [9.17, 15) is 19.5 Å². The highest BCUT2D eigenvalue weighted by Crippen LogP contribution is 2.16. The number of carbonyl (C=O) groups is 3. The third kappa shape index (κ3) is 70.0. The third-order valence-electron chi connectivity index (χ3n) is 14.5. The number of esters is 2. The van der Waals surface area contributed by atoms with E-state index < -0.39 is 24.3 Å². The molecular formula is C80H129NO8. The van der Waals surface area contributed by atoms with E-state index >= 15 is 0 Å². The second kappa shape index (κ2) is 68.6. The molecule has 0 radical (unpaired) electrons. The van der Waals surface area contributed by atoms with Gasteiger partial charge in [0.25, 0.3) is 0 Å². The molecule has 0 bridgehead atoms. The van der Waals surface area contributed by atoms with Crippen molar-refractivity contribution in [1.29, 1.82) is 0 Å². The Labute approximate surface area is 546 Å². The van der Waals surface area contributed by atoms with Gasteiger partial charge in [-0.3, -0.25) is 9.59 Å². The Balaban J connectivity index is 4.21. The van der Waals surface area contributed by atoms with Crippen molar-refractivity contribution in [2.45, 2.75) is 270 Å². The lowest BCUT2D eigenvalue weighted by molar-refractivity contribution is -0.870. The first-order valence-corrected chi connectivity index (χ1v) is 35.3. The van der Waals surface area contributed by atoms with Gasteiger partial charge in [0.15, 0.2) is 12.4 Å². The van der Waals surface area contributed by atoms with Crippen molar-refractivity contribution < 1.29 is 42.9 Å². The largest absolute Gasteiger partial charge is 0.545 e. The zero-order valence-corrected chi connectivity index (χ0v) is 57.2. The summed E-state index contributed by atoms with van der Waals surface area (Å²) in [4.78, 5) is 37.5. The molecule has 2 unspecified atom stereocenters. The predicted octanol–water partition coefficient (Wildman–Crippen LogP) is 20.9. The first kappa shape index (κ1) is 83.7. The van der Waals surface area contributed by atoms with Crippen LogP contribution in [0.4, 0.5) is 0 Å². The first-order valence-electron chi connectivity index (χ1n) is 35.3. The Kier molecular flexibility index (Phi) is 64.4. The van der Waals surface area contributed by atoms with Crippen LogP contribution in [0.25, 0.3) is 0 Å². The summed E-state index contributed by atoms with van der Waals surface area (Å²) < 4.78 is 22.7. The van der Waals surface area contributed by atoms with Crippen molar-refractivity contribution in [3.05, 3.63) is 170 Å². The van der Waals surface area contributed by atoms with Crippen molar-refractivity contribution in [3.8, 4) is 0 Å². The van der Waals surface area contributed by atoms with E-state index in [0.717, 1.165) is 109 Å². The van der Waals surface area contributed by atoms with Crippen molar-refractivity contribution in [3.63, 3.8) is 0 Å². The number of unbranched alkanes of at least 4 members (excludes halogenated alkanes) is 20. The molecule has 0 aliphatic heterocycles. The van der Waals surface area contributed by atoms with E-state index in [2.05, 4.69) is 184 Å². The highest BCUT2D eigenvalue weighted by atomic mass is 16.7. The summed E-state index contributed by atoms with van der Waals surface area (Å²) in [6.07, 6.45) is 100. The number of nitrogens with zero attached hydrogens (tertiary/aromatic N) is 1. The fourth-order valence-electron chi connectivity index (χ4n) is 9.15. The molecule has 0 spiro atoms. The molecular weight excluding hydrogens is 1100 g/mol. The lowest BCUT2D eigenvalue weighted by atomic mass is 10.0. The number of rotatable bonds is 63. The summed E-state index contributed by atoms with van der Waals surface area (Å²) in [6.45, 7) is 4.45. The normalized spacial score (nSPS) is 13.8. The maximum atomic E-state index is 12.9. The van der Waals surface area contributed by atoms with Crippen LogP contribution in [0.1, 0.15) is 258 Å². The van der Waals surface area contributed by atoms with E-state index in [4.69, 9.17) is 18.9 Å². The van der Waals surface area contributed by atoms with Crippen LogP contribution in [0, 0.1) is 0 Å². The Hall–Kier alpha value is -5.35. The average Bonchev–Trinajstić information content (AvgIpc) is 3.71. The van der Waals surface area contributed by atoms with Crippen LogP contribution in [0.15, 0.2) is 170 Å². The minimum Gasteiger partial charge on any atom is -0.545 e. The van der Waals surface area contributed by atoms with Gasteiger partial charge in [-0.25, -0.2) is 0 Å². The monoisotopic (exact) mass is 1230 g/mol. The number of carbonyl (C=O) groups excluding carboxylic acids is 3. The van der Waals surface area contributed by atoms with Crippen LogP contribution < -0.4 is 5.11 Å². The molecule has 2 atom stereocenters. The number of hydrogen-bond acceptors (Lipinski definition) is 8. The van der Waals surface area contributed by atoms with E-state index in [-0.39, 0.29) is 38.6 Å². The van der Waals surface area contributed by atoms with Gasteiger partial charge in [-0.15, -0.1) is 0 Å². The standard InChI is InChI=1S/C80H129NO8/c1-6-8-10-12-14-16-18-20-22-24-26-28-30-32-34-36-37-38-39-40-41-43-44-46-48-50-52-54-56-58-60-62-64-66-68-70-77(82)87-74-76(75-88-80(79(84)85)86-73-72-81(3,4)5)89-78(83)71-69-67-65-63-61-59-57-55-53-51-49-47-45-42-35-33-31-29-27-25-23-21-19-17-15-13-11-9-7-2/h8-11,14-17,20-23,26-29,32-35,45,47,51,53,57,59,63,65,76,80H,6-7,12-13,18-19,24-25,30-31,36-44,46,48-50,52,54-56,58,60-62,64,66-75H2,1-5H3/b10-8-,11-9-,16-14-,17-15-,22-20-,23-21-,28-26-,29-27-,34-32-,35-33-,47-45-,53-51-,59-57-,65-63-. The minimum atomic E-state index is -1.65. The van der Waals surface area contributed by atoms with Crippen molar-refractivity contribution in [2.24, 2.45) is 0 Å². The zero-order valence-electron chi connectivity index (χ0n) is 57.2. The number of hydrogen-bond donors (Lipinski definition) is 0. The molecule has 0 aliphatic carbocycles. The van der Waals surface area contributed by atoms with Crippen LogP contribution in [0.2, 0.25) is 0 Å². The SMILES string of the molecule is CC/C=C\C/C=C\C/C=C\C/C=C\C/C=C\C/C=C\C/C=C\C/C=C\C/C=C\CCCC(=O)OC(COC(=O)CCCCCCCCCCCCCCCCCCCCC/C=C\C/C=C\C/C=C\C/C=C\C/C=C\CC)COC(OCC[N+](C)(C)C)C(=O)[O-].